The zero-order valence-electron chi connectivity index (χ0n) is 15.8. The SMILES string of the molecule is CN=C(NCc1nc(-c2cccc(Cl)c2)no1)NCC1Cc2ccccc2O1.I. The van der Waals surface area contributed by atoms with Gasteiger partial charge in [0.2, 0.25) is 11.7 Å². The zero-order valence-corrected chi connectivity index (χ0v) is 18.8. The number of halogens is 2. The summed E-state index contributed by atoms with van der Waals surface area (Å²) in [6.07, 6.45) is 0.959. The van der Waals surface area contributed by atoms with Crippen molar-refractivity contribution in [1.82, 2.24) is 20.8 Å². The molecule has 1 unspecified atom stereocenters. The maximum Gasteiger partial charge on any atom is 0.246 e. The summed E-state index contributed by atoms with van der Waals surface area (Å²) in [5, 5.41) is 11.1. The molecule has 0 radical (unpaired) electrons. The van der Waals surface area contributed by atoms with Gasteiger partial charge in [0.25, 0.3) is 0 Å². The Bertz CT molecular complexity index is 969. The Morgan fingerprint density at radius 3 is 2.86 bits per heavy atom. The summed E-state index contributed by atoms with van der Waals surface area (Å²) in [5.74, 6) is 2.56. The van der Waals surface area contributed by atoms with Crippen molar-refractivity contribution in [2.24, 2.45) is 4.99 Å². The van der Waals surface area contributed by atoms with Gasteiger partial charge in [-0.05, 0) is 23.8 Å². The van der Waals surface area contributed by atoms with Crippen LogP contribution >= 0.6 is 35.6 Å². The molecule has 2 heterocycles. The van der Waals surface area contributed by atoms with Gasteiger partial charge in [0.1, 0.15) is 11.9 Å². The van der Waals surface area contributed by atoms with E-state index in [0.717, 1.165) is 17.7 Å². The molecule has 0 amide bonds. The fourth-order valence-corrected chi connectivity index (χ4v) is 3.22. The maximum absolute atomic E-state index is 6.01. The maximum atomic E-state index is 6.01. The van der Waals surface area contributed by atoms with Gasteiger partial charge in [0.15, 0.2) is 5.96 Å². The molecule has 1 aliphatic heterocycles. The topological polar surface area (TPSA) is 84.6 Å². The van der Waals surface area contributed by atoms with Gasteiger partial charge in [0, 0.05) is 24.1 Å². The summed E-state index contributed by atoms with van der Waals surface area (Å²) in [7, 11) is 1.71. The third-order valence-corrected chi connectivity index (χ3v) is 4.63. The molecule has 9 heteroatoms. The van der Waals surface area contributed by atoms with Crippen LogP contribution in [0.15, 0.2) is 58.0 Å². The highest BCUT2D eigenvalue weighted by Crippen LogP contribution is 2.27. The van der Waals surface area contributed by atoms with Crippen molar-refractivity contribution in [3.63, 3.8) is 0 Å². The average Bonchev–Trinajstić information content (AvgIpc) is 3.35. The molecule has 2 aromatic carbocycles. The third kappa shape index (κ3) is 5.39. The van der Waals surface area contributed by atoms with Gasteiger partial charge in [-0.25, -0.2) is 0 Å². The first-order valence-corrected chi connectivity index (χ1v) is 9.36. The number of hydrogen-bond donors (Lipinski definition) is 2. The van der Waals surface area contributed by atoms with E-state index >= 15 is 0 Å². The molecule has 2 N–H and O–H groups in total. The molecule has 0 spiro atoms. The van der Waals surface area contributed by atoms with E-state index in [-0.39, 0.29) is 30.1 Å². The normalized spacial score (nSPS) is 15.2. The van der Waals surface area contributed by atoms with Crippen molar-refractivity contribution in [3.05, 3.63) is 65.0 Å². The first-order chi connectivity index (χ1) is 13.7. The zero-order chi connectivity index (χ0) is 19.3. The predicted molar refractivity (Wildman–Crippen MR) is 123 cm³/mol. The lowest BCUT2D eigenvalue weighted by Gasteiger charge is -2.14. The van der Waals surface area contributed by atoms with Crippen LogP contribution in [0.4, 0.5) is 0 Å². The Kier molecular flexibility index (Phi) is 7.32. The van der Waals surface area contributed by atoms with E-state index in [4.69, 9.17) is 20.9 Å². The summed E-state index contributed by atoms with van der Waals surface area (Å²) in [5.41, 5.74) is 2.04. The van der Waals surface area contributed by atoms with Crippen LogP contribution in [0.5, 0.6) is 5.75 Å². The van der Waals surface area contributed by atoms with E-state index in [0.29, 0.717) is 35.8 Å². The standard InChI is InChI=1S/C20H20ClN5O2.HI/c1-22-20(23-11-16-10-13-5-2-3-8-17(13)27-16)24-12-18-25-19(26-28-18)14-6-4-7-15(21)9-14;/h2-9,16H,10-12H2,1H3,(H2,22,23,24);1H. The number of nitrogens with zero attached hydrogens (tertiary/aromatic N) is 3. The molecule has 0 aliphatic carbocycles. The number of hydrogen-bond acceptors (Lipinski definition) is 5. The van der Waals surface area contributed by atoms with Crippen molar-refractivity contribution in [2.45, 2.75) is 19.1 Å². The van der Waals surface area contributed by atoms with Crippen molar-refractivity contribution in [3.8, 4) is 17.1 Å². The van der Waals surface area contributed by atoms with E-state index in [1.54, 1.807) is 19.2 Å². The Balaban J connectivity index is 0.00000240. The lowest BCUT2D eigenvalue weighted by molar-refractivity contribution is 0.235. The molecule has 1 aliphatic rings. The molecular weight excluding hydrogens is 505 g/mol. The molecule has 0 fully saturated rings. The molecule has 3 aromatic rings. The highest BCUT2D eigenvalue weighted by atomic mass is 127. The van der Waals surface area contributed by atoms with Crippen LogP contribution in [0.3, 0.4) is 0 Å². The summed E-state index contributed by atoms with van der Waals surface area (Å²) < 4.78 is 11.2. The summed E-state index contributed by atoms with van der Waals surface area (Å²) in [4.78, 5) is 8.61. The Labute approximate surface area is 190 Å². The summed E-state index contributed by atoms with van der Waals surface area (Å²) in [6, 6.07) is 15.4. The van der Waals surface area contributed by atoms with E-state index in [2.05, 4.69) is 31.8 Å². The number of para-hydroxylation sites is 1. The molecule has 29 heavy (non-hydrogen) atoms. The molecule has 1 aromatic heterocycles. The van der Waals surface area contributed by atoms with Gasteiger partial charge in [-0.2, -0.15) is 4.98 Å². The van der Waals surface area contributed by atoms with Gasteiger partial charge in [-0.1, -0.05) is 47.1 Å². The monoisotopic (exact) mass is 525 g/mol. The fourth-order valence-electron chi connectivity index (χ4n) is 3.03. The van der Waals surface area contributed by atoms with E-state index in [9.17, 15) is 0 Å². The molecule has 152 valence electrons. The lowest BCUT2D eigenvalue weighted by atomic mass is 10.1. The minimum absolute atomic E-state index is 0. The first kappa shape index (κ1) is 21.4. The number of guanidine groups is 1. The highest BCUT2D eigenvalue weighted by Gasteiger charge is 2.22. The van der Waals surface area contributed by atoms with Gasteiger partial charge >= 0.3 is 0 Å². The van der Waals surface area contributed by atoms with Gasteiger partial charge in [-0.15, -0.1) is 24.0 Å². The van der Waals surface area contributed by atoms with Crippen LogP contribution in [0, 0.1) is 0 Å². The van der Waals surface area contributed by atoms with E-state index < -0.39 is 0 Å². The summed E-state index contributed by atoms with van der Waals surface area (Å²) in [6.45, 7) is 1.00. The minimum atomic E-state index is 0. The predicted octanol–water partition coefficient (Wildman–Crippen LogP) is 3.68. The Hall–Kier alpha value is -2.33. The van der Waals surface area contributed by atoms with Crippen LogP contribution in [0.1, 0.15) is 11.5 Å². The number of rotatable bonds is 5. The second-order valence-corrected chi connectivity index (χ2v) is 6.82. The highest BCUT2D eigenvalue weighted by molar-refractivity contribution is 14.0. The largest absolute Gasteiger partial charge is 0.488 e. The molecule has 1 atom stereocenters. The summed E-state index contributed by atoms with van der Waals surface area (Å²) >= 11 is 6.01. The number of fused-ring (bicyclic) bond motifs is 1. The lowest BCUT2D eigenvalue weighted by Crippen LogP contribution is -2.42. The van der Waals surface area contributed by atoms with Crippen LogP contribution in [0.2, 0.25) is 5.02 Å². The third-order valence-electron chi connectivity index (χ3n) is 4.39. The number of benzene rings is 2. The second kappa shape index (κ2) is 9.93. The smallest absolute Gasteiger partial charge is 0.246 e. The van der Waals surface area contributed by atoms with Crippen LogP contribution in [0.25, 0.3) is 11.4 Å². The van der Waals surface area contributed by atoms with Crippen molar-refractivity contribution in [2.75, 3.05) is 13.6 Å². The molecule has 4 rings (SSSR count). The number of aliphatic imine (C=N–C) groups is 1. The Morgan fingerprint density at radius 1 is 1.21 bits per heavy atom. The Morgan fingerprint density at radius 2 is 2.07 bits per heavy atom. The fraction of sp³-hybridized carbons (Fsp3) is 0.250. The van der Waals surface area contributed by atoms with Crippen molar-refractivity contribution in [1.29, 1.82) is 0 Å². The van der Waals surface area contributed by atoms with Gasteiger partial charge < -0.3 is 19.9 Å². The second-order valence-electron chi connectivity index (χ2n) is 6.38. The quantitative estimate of drug-likeness (QED) is 0.300. The van der Waals surface area contributed by atoms with E-state index in [1.807, 2.05) is 30.3 Å². The first-order valence-electron chi connectivity index (χ1n) is 8.99. The average molecular weight is 526 g/mol. The van der Waals surface area contributed by atoms with Gasteiger partial charge in [-0.3, -0.25) is 4.99 Å². The minimum Gasteiger partial charge on any atom is -0.488 e. The van der Waals surface area contributed by atoms with Crippen LogP contribution in [-0.2, 0) is 13.0 Å². The number of ether oxygens (including phenoxy) is 1. The van der Waals surface area contributed by atoms with Crippen molar-refractivity contribution < 1.29 is 9.26 Å². The molecule has 0 saturated carbocycles. The van der Waals surface area contributed by atoms with E-state index in [1.165, 1.54) is 5.56 Å². The number of nitrogens with one attached hydrogen (secondary N) is 2. The van der Waals surface area contributed by atoms with Crippen LogP contribution < -0.4 is 15.4 Å². The molecule has 7 nitrogen and oxygen atoms in total. The van der Waals surface area contributed by atoms with Crippen molar-refractivity contribution >= 4 is 41.5 Å². The molecule has 0 bridgehead atoms. The van der Waals surface area contributed by atoms with Crippen LogP contribution in [-0.4, -0.2) is 35.8 Å². The van der Waals surface area contributed by atoms with Gasteiger partial charge in [0.05, 0.1) is 13.1 Å². The number of aromatic nitrogens is 2. The molecular formula is C20H21ClIN5O2. The molecule has 0 saturated heterocycles.